The number of hydrogen-bond donors (Lipinski definition) is 7. The number of nitrogens with zero attached hydrogens (tertiary/aromatic N) is 13. The Hall–Kier alpha value is -13.6. The van der Waals surface area contributed by atoms with Gasteiger partial charge in [0.25, 0.3) is 35.4 Å². The molecule has 5 aliphatic heterocycles. The number of carbonyl (C=O) groups is 7. The van der Waals surface area contributed by atoms with Crippen molar-refractivity contribution in [1.82, 2.24) is 50.1 Å². The van der Waals surface area contributed by atoms with Crippen LogP contribution < -0.4 is 38.9 Å². The molecule has 2 aromatic heterocycles. The van der Waals surface area contributed by atoms with Crippen LogP contribution in [-0.2, 0) is 48.0 Å². The van der Waals surface area contributed by atoms with Crippen LogP contribution in [-0.4, -0.2) is 175 Å². The van der Waals surface area contributed by atoms with Gasteiger partial charge in [-0.1, -0.05) is 197 Å². The second-order valence-electron chi connectivity index (χ2n) is 35.2. The number of halogens is 2. The van der Waals surface area contributed by atoms with Crippen LogP contribution >= 0.6 is 11.6 Å². The molecule has 0 spiro atoms. The Balaban J connectivity index is 0.000000141. The molecule has 680 valence electrons. The number of hydrogen-bond acceptors (Lipinski definition) is 20. The van der Waals surface area contributed by atoms with E-state index in [1.807, 2.05) is 114 Å². The summed E-state index contributed by atoms with van der Waals surface area (Å²) >= 11 is 5.95. The highest BCUT2D eigenvalue weighted by Crippen LogP contribution is 2.46. The molecule has 28 nitrogen and oxygen atoms in total. The van der Waals surface area contributed by atoms with Crippen molar-refractivity contribution in [3.63, 3.8) is 0 Å². The highest BCUT2D eigenvalue weighted by molar-refractivity contribution is 6.30. The third-order valence-corrected chi connectivity index (χ3v) is 26.8. The zero-order valence-corrected chi connectivity index (χ0v) is 75.2. The Kier molecular flexibility index (Phi) is 30.2. The zero-order chi connectivity index (χ0) is 92.4. The minimum absolute atomic E-state index is 0.0221. The molecule has 0 bridgehead atoms. The Morgan fingerprint density at radius 1 is 0.550 bits per heavy atom. The van der Waals surface area contributed by atoms with Gasteiger partial charge in [-0.15, -0.1) is 0 Å². The second-order valence-corrected chi connectivity index (χ2v) is 35.7. The van der Waals surface area contributed by atoms with Crippen molar-refractivity contribution >= 4 is 82.6 Å². The number of aliphatic imine (C=N–C) groups is 4. The number of nitriles is 1. The summed E-state index contributed by atoms with van der Waals surface area (Å²) in [6.45, 7) is 1.36. The molecule has 4 fully saturated rings. The summed E-state index contributed by atoms with van der Waals surface area (Å²) in [6, 6.07) is 61.9. The Labute approximate surface area is 768 Å². The number of aryl methyl sites for hydroxylation is 1. The van der Waals surface area contributed by atoms with Crippen LogP contribution in [0.5, 0.6) is 0 Å². The second kappa shape index (κ2) is 42.3. The fourth-order valence-corrected chi connectivity index (χ4v) is 19.8. The summed E-state index contributed by atoms with van der Waals surface area (Å²) in [4.78, 5) is 131. The summed E-state index contributed by atoms with van der Waals surface area (Å²) in [7, 11) is 6.63. The molecule has 7 heterocycles. The lowest BCUT2D eigenvalue weighted by atomic mass is 9.74. The summed E-state index contributed by atoms with van der Waals surface area (Å²) in [5, 5.41) is 18.6. The van der Waals surface area contributed by atoms with Crippen LogP contribution in [0.4, 0.5) is 14.9 Å². The maximum Gasteiger partial charge on any atom is 0.319 e. The molecular weight excluding hydrogens is 1680 g/mol. The molecule has 8 amide bonds. The lowest BCUT2D eigenvalue weighted by molar-refractivity contribution is -0.132. The van der Waals surface area contributed by atoms with Crippen molar-refractivity contribution in [2.75, 3.05) is 46.7 Å². The number of aromatic nitrogens is 3. The molecule has 30 heteroatoms. The molecule has 9 aromatic rings. The van der Waals surface area contributed by atoms with Gasteiger partial charge in [0.1, 0.15) is 28.9 Å². The molecule has 1 saturated heterocycles. The highest BCUT2D eigenvalue weighted by atomic mass is 35.5. The van der Waals surface area contributed by atoms with Gasteiger partial charge >= 0.3 is 6.03 Å². The molecule has 0 radical (unpaired) electrons. The molecule has 17 rings (SSSR count). The van der Waals surface area contributed by atoms with Crippen LogP contribution in [0.3, 0.4) is 0 Å². The third kappa shape index (κ3) is 21.5. The molecule has 7 aromatic carbocycles. The van der Waals surface area contributed by atoms with Crippen molar-refractivity contribution in [2.24, 2.45) is 60.7 Å². The number of nitrogens with one attached hydrogen (secondary N) is 3. The Morgan fingerprint density at radius 2 is 1.08 bits per heavy atom. The van der Waals surface area contributed by atoms with E-state index in [1.54, 1.807) is 107 Å². The average molecular weight is 1790 g/mol. The average Bonchev–Trinajstić information content (AvgIpc) is 1.58. The first-order valence-electron chi connectivity index (χ1n) is 45.1. The Morgan fingerprint density at radius 3 is 1.63 bits per heavy atom. The highest BCUT2D eigenvalue weighted by Gasteiger charge is 2.54. The van der Waals surface area contributed by atoms with Gasteiger partial charge < -0.3 is 48.5 Å². The first-order valence-corrected chi connectivity index (χ1v) is 45.4. The first-order chi connectivity index (χ1) is 63.3. The van der Waals surface area contributed by atoms with Gasteiger partial charge in [-0.25, -0.2) is 39.1 Å². The summed E-state index contributed by atoms with van der Waals surface area (Å²) in [6.07, 6.45) is 26.4. The standard InChI is InChI=1S/C28H29N5O3.C27H32N6O2.C26H37ClN4O2.C20H16FN5O/c1-36-19-23-13-8-16-32(23)25(34)24-17-20(14-15-30-24)18-33-26(35)28(31-27(33)29,21-9-4-2-5-10-21)22-11-6-3-7-12-22;1-33-24(34)27(32-25(33)29,15-14-19-6-3-2-4-7-19)17-21-8-5-9-23(16-21)31-26(35)30-22-12-10-20(18-28)11-13-22;1-31-24(33)26(30-25(31)28,15-14-18-6-3-2-4-7-18)17-19-8-5-9-22(16-19)29-23(32)20-10-12-21(27)13-11-20;1-26-18(27)20(25-19(26)22,14-5-3-2-4-6-14)15-7-8-17(21)16(9-15)13-10-23-12-24-11-13/h2-7,9-12,14-15,17,23H,8,13,16,18-19H2,1H3,(H2,29,31);2-4,6-7,10-13,21,23H,5,8-9,14-17H2,1H3,(H2,29,32)(H2,30,31,35);10-13,18-19,22H,2-9,14-17H2,1H3,(H2,28,30)(H,29,32);2-12H,1H3,(H2,22,25)/t23-;21-,23+,27+;19-,22+,26+;/m100./s1. The Bertz CT molecular complexity index is 5680. The van der Waals surface area contributed by atoms with E-state index in [4.69, 9.17) is 59.5 Å². The van der Waals surface area contributed by atoms with E-state index >= 15 is 0 Å². The number of ether oxygens (including phenoxy) is 1. The number of urea groups is 1. The number of benzene rings is 7. The molecule has 1 unspecified atom stereocenters. The van der Waals surface area contributed by atoms with Crippen molar-refractivity contribution < 1.29 is 42.7 Å². The van der Waals surface area contributed by atoms with E-state index in [2.05, 4.69) is 54.1 Å². The van der Waals surface area contributed by atoms with Crippen LogP contribution in [0.25, 0.3) is 11.1 Å². The number of anilines is 1. The maximum absolute atomic E-state index is 14.5. The smallest absolute Gasteiger partial charge is 0.319 e. The van der Waals surface area contributed by atoms with E-state index in [1.165, 1.54) is 82.1 Å². The van der Waals surface area contributed by atoms with Crippen molar-refractivity contribution in [2.45, 2.75) is 182 Å². The van der Waals surface area contributed by atoms with E-state index in [-0.39, 0.29) is 89.9 Å². The van der Waals surface area contributed by atoms with Gasteiger partial charge in [0.15, 0.2) is 34.9 Å². The van der Waals surface area contributed by atoms with Crippen LogP contribution in [0.15, 0.2) is 245 Å². The van der Waals surface area contributed by atoms with Crippen LogP contribution in [0.1, 0.15) is 188 Å². The molecule has 8 atom stereocenters. The molecular formula is C101H114ClFN20O8. The fraction of sp³-hybridized carbons (Fsp3) is 0.376. The van der Waals surface area contributed by atoms with Gasteiger partial charge in [0.2, 0.25) is 0 Å². The quantitative estimate of drug-likeness (QED) is 0.0295. The number of nitrogens with two attached hydrogens (primary N) is 4. The summed E-state index contributed by atoms with van der Waals surface area (Å²) in [5.74, 6) is 0.988. The molecule has 8 aliphatic rings. The summed E-state index contributed by atoms with van der Waals surface area (Å²) in [5.41, 5.74) is 27.8. The van der Waals surface area contributed by atoms with Gasteiger partial charge in [-0.05, 0) is 201 Å². The summed E-state index contributed by atoms with van der Waals surface area (Å²) < 4.78 is 19.8. The molecule has 11 N–H and O–H groups in total. The number of rotatable bonds is 24. The number of amides is 8. The van der Waals surface area contributed by atoms with Gasteiger partial charge in [0, 0.05) is 92.9 Å². The number of pyridine rings is 1. The number of likely N-dealkylation sites (N-methyl/N-ethyl adjacent to an activating group) is 3. The predicted octanol–water partition coefficient (Wildman–Crippen LogP) is 13.9. The molecule has 3 aliphatic carbocycles. The maximum atomic E-state index is 14.5. The first kappa shape index (κ1) is 93.6. The van der Waals surface area contributed by atoms with Crippen molar-refractivity contribution in [3.05, 3.63) is 286 Å². The lowest BCUT2D eigenvalue weighted by Gasteiger charge is -2.35. The van der Waals surface area contributed by atoms with Gasteiger partial charge in [-0.3, -0.25) is 53.4 Å². The van der Waals surface area contributed by atoms with Crippen LogP contribution in [0, 0.1) is 34.9 Å². The largest absolute Gasteiger partial charge is 0.383 e. The van der Waals surface area contributed by atoms with Gasteiger partial charge in [0.05, 0.1) is 30.8 Å². The number of guanidine groups is 4. The molecule has 131 heavy (non-hydrogen) atoms. The van der Waals surface area contributed by atoms with Crippen molar-refractivity contribution in [1.29, 1.82) is 5.26 Å². The lowest BCUT2D eigenvalue weighted by Crippen LogP contribution is -2.45. The third-order valence-electron chi connectivity index (χ3n) is 26.5. The van der Waals surface area contributed by atoms with Crippen LogP contribution in [0.2, 0.25) is 5.02 Å². The number of likely N-dealkylation sites (tertiary alicyclic amines) is 1. The molecule has 3 saturated carbocycles. The minimum Gasteiger partial charge on any atom is -0.383 e. The van der Waals surface area contributed by atoms with E-state index in [0.717, 1.165) is 107 Å². The van der Waals surface area contributed by atoms with Gasteiger partial charge in [-0.2, -0.15) is 5.26 Å². The topological polar surface area (TPSA) is 397 Å². The zero-order valence-electron chi connectivity index (χ0n) is 74.4. The van der Waals surface area contributed by atoms with E-state index < -0.39 is 28.0 Å². The number of methoxy groups -OCH3 is 1. The number of carbonyl (C=O) groups excluding carboxylic acids is 7. The SMILES string of the molecule is CN1C(=O)C(c2ccccc2)(c2ccc(F)c(-c3cncnc3)c2)N=C1N.CN1C(=O)[C@@](CCC2CCCCC2)(C[C@H]2CCC[C@@H](NC(=O)c3ccc(Cl)cc3)C2)N=C1N.CN1C(=O)[C@@](CCc2ccccc2)(C[C@H]2CCC[C@@H](NC(=O)Nc3ccc(C#N)cc3)C2)N=C1N.COC[C@H]1CCCN1C(=O)c1cc(CN2C(=O)C(c3ccccc3)(c3ccccc3)N=C2N)ccn1. The van der Waals surface area contributed by atoms with E-state index in [9.17, 15) is 38.0 Å². The van der Waals surface area contributed by atoms with Crippen molar-refractivity contribution in [3.8, 4) is 17.2 Å². The minimum atomic E-state index is -1.36. The fourth-order valence-electron chi connectivity index (χ4n) is 19.6. The monoisotopic (exact) mass is 1790 g/mol. The normalized spacial score (nSPS) is 22.8. The van der Waals surface area contributed by atoms with E-state index in [0.29, 0.717) is 93.6 Å². The predicted molar refractivity (Wildman–Crippen MR) is 503 cm³/mol.